The highest BCUT2D eigenvalue weighted by atomic mass is 16.6. The first-order chi connectivity index (χ1) is 15.3. The van der Waals surface area contributed by atoms with Crippen molar-refractivity contribution in [1.82, 2.24) is 0 Å². The molecule has 1 atom stereocenters. The van der Waals surface area contributed by atoms with E-state index in [0.717, 1.165) is 19.8 Å². The fourth-order valence-electron chi connectivity index (χ4n) is 3.93. The third-order valence-corrected chi connectivity index (χ3v) is 6.28. The van der Waals surface area contributed by atoms with E-state index in [4.69, 9.17) is 9.47 Å². The molecule has 0 amide bonds. The maximum absolute atomic E-state index is 5.80. The normalized spacial score (nSPS) is 15.0. The molecule has 0 radical (unpaired) electrons. The van der Waals surface area contributed by atoms with Crippen molar-refractivity contribution in [1.29, 1.82) is 0 Å². The molecule has 0 bridgehead atoms. The minimum absolute atomic E-state index is 0.583. The van der Waals surface area contributed by atoms with E-state index in [0.29, 0.717) is 6.10 Å². The zero-order chi connectivity index (χ0) is 22.7. The second-order valence-corrected chi connectivity index (χ2v) is 9.83. The first kappa shape index (κ1) is 30.9. The molecule has 31 heavy (non-hydrogen) atoms. The van der Waals surface area contributed by atoms with Gasteiger partial charge in [-0.05, 0) is 19.8 Å². The number of hydrogen-bond acceptors (Lipinski definition) is 2. The maximum Gasteiger partial charge on any atom is 0.0781 e. The van der Waals surface area contributed by atoms with E-state index in [9.17, 15) is 0 Å². The third kappa shape index (κ3) is 32.2. The molecule has 0 aromatic rings. The third-order valence-electron chi connectivity index (χ3n) is 6.28. The summed E-state index contributed by atoms with van der Waals surface area (Å²) in [5.41, 5.74) is 0. The van der Waals surface area contributed by atoms with Crippen LogP contribution in [0.15, 0.2) is 0 Å². The van der Waals surface area contributed by atoms with Gasteiger partial charge in [0.25, 0.3) is 0 Å². The summed E-state index contributed by atoms with van der Waals surface area (Å²) in [6.07, 6.45) is 31.7. The van der Waals surface area contributed by atoms with E-state index < -0.39 is 0 Å². The van der Waals surface area contributed by atoms with Crippen LogP contribution in [-0.2, 0) is 9.47 Å². The molecule has 1 heterocycles. The van der Waals surface area contributed by atoms with Gasteiger partial charge in [-0.3, -0.25) is 0 Å². The molecule has 0 spiro atoms. The number of hydrogen-bond donors (Lipinski definition) is 0. The van der Waals surface area contributed by atoms with E-state index in [2.05, 4.69) is 20.8 Å². The van der Waals surface area contributed by atoms with E-state index >= 15 is 0 Å². The number of ether oxygens (including phenoxy) is 2. The van der Waals surface area contributed by atoms with Crippen molar-refractivity contribution >= 4 is 0 Å². The Kier molecular flexibility index (Phi) is 27.9. The quantitative estimate of drug-likeness (QED) is 0.110. The van der Waals surface area contributed by atoms with Crippen LogP contribution in [0, 0.1) is 0 Å². The zero-order valence-corrected chi connectivity index (χ0v) is 22.1. The number of unbranched alkanes of at least 4 members (excludes halogenated alkanes) is 20. The van der Waals surface area contributed by atoms with Crippen LogP contribution >= 0.6 is 0 Å². The minimum atomic E-state index is 0.583. The largest absolute Gasteiger partial charge is 0.381 e. The summed E-state index contributed by atoms with van der Waals surface area (Å²) in [5.74, 6) is 0. The average Bonchev–Trinajstić information content (AvgIpc) is 3.57. The summed E-state index contributed by atoms with van der Waals surface area (Å²) in [4.78, 5) is 0. The fraction of sp³-hybridized carbons (Fsp3) is 1.00. The summed E-state index contributed by atoms with van der Waals surface area (Å²) in [6.45, 7) is 9.62. The molecule has 0 aliphatic carbocycles. The predicted molar refractivity (Wildman–Crippen MR) is 139 cm³/mol. The van der Waals surface area contributed by atoms with Gasteiger partial charge in [-0.2, -0.15) is 0 Å². The van der Waals surface area contributed by atoms with Gasteiger partial charge in [-0.25, -0.2) is 0 Å². The van der Waals surface area contributed by atoms with Gasteiger partial charge in [0.1, 0.15) is 0 Å². The summed E-state index contributed by atoms with van der Waals surface area (Å²) >= 11 is 0. The van der Waals surface area contributed by atoms with E-state index in [1.165, 1.54) is 141 Å². The number of epoxide rings is 1. The standard InChI is InChI=1S/C26H54O.C3H6O/c1-3-5-7-9-11-13-15-17-19-21-23-25-27-26-24-22-20-18-16-14-12-10-8-6-4-2;1-3-2-4-3/h3-26H2,1-2H3;3H,2H2,1H3. The molecule has 0 saturated carbocycles. The second kappa shape index (κ2) is 28.0. The maximum atomic E-state index is 5.80. The first-order valence-corrected chi connectivity index (χ1v) is 14.5. The van der Waals surface area contributed by atoms with Crippen LogP contribution in [0.2, 0.25) is 0 Å². The molecule has 2 heteroatoms. The smallest absolute Gasteiger partial charge is 0.0781 e. The Morgan fingerprint density at radius 2 is 0.710 bits per heavy atom. The monoisotopic (exact) mass is 440 g/mol. The molecule has 0 N–H and O–H groups in total. The van der Waals surface area contributed by atoms with Crippen LogP contribution in [0.5, 0.6) is 0 Å². The first-order valence-electron chi connectivity index (χ1n) is 14.5. The zero-order valence-electron chi connectivity index (χ0n) is 22.1. The lowest BCUT2D eigenvalue weighted by atomic mass is 10.1. The lowest BCUT2D eigenvalue weighted by molar-refractivity contribution is 0.125. The summed E-state index contributed by atoms with van der Waals surface area (Å²) < 4.78 is 10.5. The van der Waals surface area contributed by atoms with Crippen molar-refractivity contribution in [3.05, 3.63) is 0 Å². The summed E-state index contributed by atoms with van der Waals surface area (Å²) in [7, 11) is 0. The number of rotatable bonds is 24. The molecule has 1 aliphatic rings. The molecular formula is C29H60O2. The molecule has 188 valence electrons. The highest BCUT2D eigenvalue weighted by Gasteiger charge is 2.13. The average molecular weight is 441 g/mol. The minimum Gasteiger partial charge on any atom is -0.381 e. The Morgan fingerprint density at radius 3 is 0.935 bits per heavy atom. The Hall–Kier alpha value is -0.0800. The van der Waals surface area contributed by atoms with Gasteiger partial charge in [0.15, 0.2) is 0 Å². The highest BCUT2D eigenvalue weighted by Crippen LogP contribution is 2.12. The van der Waals surface area contributed by atoms with Gasteiger partial charge in [0, 0.05) is 13.2 Å². The van der Waals surface area contributed by atoms with Gasteiger partial charge >= 0.3 is 0 Å². The van der Waals surface area contributed by atoms with Crippen molar-refractivity contribution in [2.24, 2.45) is 0 Å². The van der Waals surface area contributed by atoms with Crippen molar-refractivity contribution in [2.75, 3.05) is 19.8 Å². The topological polar surface area (TPSA) is 21.8 Å². The molecule has 1 rings (SSSR count). The van der Waals surface area contributed by atoms with Crippen LogP contribution in [0.1, 0.15) is 162 Å². The molecule has 1 unspecified atom stereocenters. The van der Waals surface area contributed by atoms with Gasteiger partial charge < -0.3 is 9.47 Å². The van der Waals surface area contributed by atoms with Crippen molar-refractivity contribution in [3.8, 4) is 0 Å². The Balaban J connectivity index is 0.00000199. The van der Waals surface area contributed by atoms with E-state index in [1.54, 1.807) is 0 Å². The van der Waals surface area contributed by atoms with Gasteiger partial charge in [0.2, 0.25) is 0 Å². The second-order valence-electron chi connectivity index (χ2n) is 9.83. The van der Waals surface area contributed by atoms with Crippen LogP contribution in [0.25, 0.3) is 0 Å². The summed E-state index contributed by atoms with van der Waals surface area (Å²) in [6, 6.07) is 0. The Morgan fingerprint density at radius 1 is 0.484 bits per heavy atom. The molecule has 1 aliphatic heterocycles. The Bertz CT molecular complexity index is 277. The molecule has 1 fully saturated rings. The fourth-order valence-corrected chi connectivity index (χ4v) is 3.93. The molecule has 2 nitrogen and oxygen atoms in total. The van der Waals surface area contributed by atoms with Crippen LogP contribution in [0.3, 0.4) is 0 Å². The molecule has 0 aromatic carbocycles. The summed E-state index contributed by atoms with van der Waals surface area (Å²) in [5, 5.41) is 0. The van der Waals surface area contributed by atoms with Crippen molar-refractivity contribution in [2.45, 2.75) is 168 Å². The molecule has 0 aromatic heterocycles. The van der Waals surface area contributed by atoms with Gasteiger partial charge in [-0.15, -0.1) is 0 Å². The van der Waals surface area contributed by atoms with Crippen LogP contribution in [0.4, 0.5) is 0 Å². The van der Waals surface area contributed by atoms with E-state index in [1.807, 2.05) is 0 Å². The van der Waals surface area contributed by atoms with Crippen molar-refractivity contribution < 1.29 is 9.47 Å². The Labute approximate surface area is 197 Å². The molecular weight excluding hydrogens is 380 g/mol. The van der Waals surface area contributed by atoms with Crippen molar-refractivity contribution in [3.63, 3.8) is 0 Å². The van der Waals surface area contributed by atoms with Crippen LogP contribution < -0.4 is 0 Å². The van der Waals surface area contributed by atoms with Gasteiger partial charge in [-0.1, -0.05) is 142 Å². The highest BCUT2D eigenvalue weighted by molar-refractivity contribution is 4.58. The lowest BCUT2D eigenvalue weighted by Gasteiger charge is -2.05. The van der Waals surface area contributed by atoms with E-state index in [-0.39, 0.29) is 0 Å². The predicted octanol–water partition coefficient (Wildman–Crippen LogP) is 10.0. The lowest BCUT2D eigenvalue weighted by Crippen LogP contribution is -1.97. The van der Waals surface area contributed by atoms with Gasteiger partial charge in [0.05, 0.1) is 12.7 Å². The SMILES string of the molecule is CC1CO1.CCCCCCCCCCCCCOCCCCCCCCCCCCC. The molecule has 1 saturated heterocycles. The van der Waals surface area contributed by atoms with Crippen LogP contribution in [-0.4, -0.2) is 25.9 Å².